The van der Waals surface area contributed by atoms with Crippen molar-refractivity contribution < 1.29 is 0 Å². The molecule has 10 heavy (non-hydrogen) atoms. The van der Waals surface area contributed by atoms with E-state index in [-0.39, 0.29) is 0 Å². The summed E-state index contributed by atoms with van der Waals surface area (Å²) in [6, 6.07) is 0. The highest BCUT2D eigenvalue weighted by Crippen LogP contribution is 2.06. The van der Waals surface area contributed by atoms with Gasteiger partial charge in [-0.25, -0.2) is 0 Å². The molecule has 0 heterocycles. The zero-order valence-corrected chi connectivity index (χ0v) is 6.81. The third-order valence-electron chi connectivity index (χ3n) is 1.61. The van der Waals surface area contributed by atoms with Crippen LogP contribution in [0.1, 0.15) is 38.5 Å². The van der Waals surface area contributed by atoms with Crippen molar-refractivity contribution in [3.8, 4) is 0 Å². The maximum atomic E-state index is 5.35. The van der Waals surface area contributed by atoms with E-state index in [4.69, 9.17) is 7.85 Å². The molecule has 0 saturated carbocycles. The largest absolute Gasteiger partial charge is 0.103 e. The molecule has 0 rings (SSSR count). The Labute approximate surface area is 66.1 Å². The van der Waals surface area contributed by atoms with Gasteiger partial charge in [0.2, 0.25) is 0 Å². The van der Waals surface area contributed by atoms with Crippen molar-refractivity contribution in [3.63, 3.8) is 0 Å². The lowest BCUT2D eigenvalue weighted by molar-refractivity contribution is 0.637. The predicted octanol–water partition coefficient (Wildman–Crippen LogP) is 3.10. The Hall–Kier alpha value is -0.195. The molecule has 0 unspecified atom stereocenters. The fourth-order valence-electron chi connectivity index (χ4n) is 0.963. The first-order valence-electron chi connectivity index (χ1n) is 4.22. The molecular weight excluding hydrogens is 119 g/mol. The van der Waals surface area contributed by atoms with Crippen LogP contribution in [0.4, 0.5) is 0 Å². The summed E-state index contributed by atoms with van der Waals surface area (Å²) in [7, 11) is 5.35. The normalized spacial score (nSPS) is 9.60. The van der Waals surface area contributed by atoms with E-state index in [1.54, 1.807) is 0 Å². The van der Waals surface area contributed by atoms with Crippen molar-refractivity contribution in [1.82, 2.24) is 0 Å². The number of hydrogen-bond donors (Lipinski definition) is 0. The molecule has 0 fully saturated rings. The molecule has 0 nitrogen and oxygen atoms in total. The van der Waals surface area contributed by atoms with Crippen LogP contribution in [-0.4, -0.2) is 7.85 Å². The SMILES string of the molecule is [B]CCCCCCCC=C. The van der Waals surface area contributed by atoms with Gasteiger partial charge >= 0.3 is 0 Å². The van der Waals surface area contributed by atoms with E-state index in [0.717, 1.165) is 6.32 Å². The molecule has 0 spiro atoms. The van der Waals surface area contributed by atoms with Gasteiger partial charge in [-0.1, -0.05) is 38.1 Å². The molecule has 1 heteroatoms. The Morgan fingerprint density at radius 2 is 1.60 bits per heavy atom. The minimum absolute atomic E-state index is 0.849. The van der Waals surface area contributed by atoms with E-state index in [0.29, 0.717) is 0 Å². The van der Waals surface area contributed by atoms with Crippen molar-refractivity contribution in [3.05, 3.63) is 12.7 Å². The quantitative estimate of drug-likeness (QED) is 0.286. The van der Waals surface area contributed by atoms with E-state index in [2.05, 4.69) is 6.58 Å². The summed E-state index contributed by atoms with van der Waals surface area (Å²) < 4.78 is 0. The zero-order chi connectivity index (χ0) is 7.66. The fourth-order valence-corrected chi connectivity index (χ4v) is 0.963. The minimum Gasteiger partial charge on any atom is -0.103 e. The van der Waals surface area contributed by atoms with Gasteiger partial charge in [0.15, 0.2) is 0 Å². The first-order valence-corrected chi connectivity index (χ1v) is 4.22. The van der Waals surface area contributed by atoms with Crippen LogP contribution in [0.5, 0.6) is 0 Å². The lowest BCUT2D eigenvalue weighted by Gasteiger charge is -1.96. The molecule has 0 saturated heterocycles. The lowest BCUT2D eigenvalue weighted by Crippen LogP contribution is -1.77. The molecule has 2 radical (unpaired) electrons. The van der Waals surface area contributed by atoms with E-state index in [1.165, 1.54) is 38.5 Å². The van der Waals surface area contributed by atoms with Crippen molar-refractivity contribution in [2.75, 3.05) is 0 Å². The molecule has 0 aliphatic carbocycles. The molecule has 0 aliphatic heterocycles. The first kappa shape index (κ1) is 9.80. The molecule has 0 aliphatic rings. The monoisotopic (exact) mass is 136 g/mol. The van der Waals surface area contributed by atoms with Gasteiger partial charge in [-0.2, -0.15) is 0 Å². The average molecular weight is 136 g/mol. The van der Waals surface area contributed by atoms with Gasteiger partial charge < -0.3 is 0 Å². The molecule has 56 valence electrons. The van der Waals surface area contributed by atoms with Crippen LogP contribution in [0.25, 0.3) is 0 Å². The van der Waals surface area contributed by atoms with Crippen molar-refractivity contribution in [2.45, 2.75) is 44.8 Å². The first-order chi connectivity index (χ1) is 4.91. The molecule has 0 aromatic heterocycles. The van der Waals surface area contributed by atoms with Crippen LogP contribution >= 0.6 is 0 Å². The van der Waals surface area contributed by atoms with Gasteiger partial charge in [-0.05, 0) is 12.8 Å². The van der Waals surface area contributed by atoms with Crippen LogP contribution < -0.4 is 0 Å². The highest BCUT2D eigenvalue weighted by Gasteiger charge is 1.86. The standard InChI is InChI=1S/C9H17B/c1-2-3-4-5-6-7-8-9-10/h2H,1,3-9H2. The average Bonchev–Trinajstić information content (AvgIpc) is 1.97. The Bertz CT molecular complexity index is 69.1. The van der Waals surface area contributed by atoms with Gasteiger partial charge in [0.05, 0.1) is 7.85 Å². The second-order valence-corrected chi connectivity index (χ2v) is 2.63. The maximum Gasteiger partial charge on any atom is 0.0653 e. The minimum atomic E-state index is 0.849. The lowest BCUT2D eigenvalue weighted by atomic mass is 9.98. The van der Waals surface area contributed by atoms with Gasteiger partial charge in [0, 0.05) is 0 Å². The van der Waals surface area contributed by atoms with Gasteiger partial charge in [-0.3, -0.25) is 0 Å². The van der Waals surface area contributed by atoms with Crippen molar-refractivity contribution in [1.29, 1.82) is 0 Å². The van der Waals surface area contributed by atoms with Gasteiger partial charge in [0.1, 0.15) is 0 Å². The maximum absolute atomic E-state index is 5.35. The number of hydrogen-bond acceptors (Lipinski definition) is 0. The van der Waals surface area contributed by atoms with E-state index < -0.39 is 0 Å². The van der Waals surface area contributed by atoms with Crippen molar-refractivity contribution in [2.24, 2.45) is 0 Å². The zero-order valence-electron chi connectivity index (χ0n) is 6.81. The fraction of sp³-hybridized carbons (Fsp3) is 0.778. The van der Waals surface area contributed by atoms with Crippen LogP contribution in [0.15, 0.2) is 12.7 Å². The Balaban J connectivity index is 2.70. The third-order valence-corrected chi connectivity index (χ3v) is 1.61. The molecule has 0 N–H and O–H groups in total. The number of allylic oxidation sites excluding steroid dienone is 1. The highest BCUT2D eigenvalue weighted by atomic mass is 13.9. The van der Waals surface area contributed by atoms with Crippen LogP contribution in [0.2, 0.25) is 6.32 Å². The number of rotatable bonds is 7. The molecule has 0 aromatic carbocycles. The topological polar surface area (TPSA) is 0 Å². The summed E-state index contributed by atoms with van der Waals surface area (Å²) in [5, 5.41) is 0. The van der Waals surface area contributed by atoms with E-state index in [1.807, 2.05) is 6.08 Å². The Morgan fingerprint density at radius 1 is 1.00 bits per heavy atom. The van der Waals surface area contributed by atoms with E-state index >= 15 is 0 Å². The van der Waals surface area contributed by atoms with Crippen LogP contribution in [0, 0.1) is 0 Å². The summed E-state index contributed by atoms with van der Waals surface area (Å²) in [4.78, 5) is 0. The summed E-state index contributed by atoms with van der Waals surface area (Å²) in [5.74, 6) is 0. The summed E-state index contributed by atoms with van der Waals surface area (Å²) in [6.45, 7) is 3.67. The molecule has 0 aromatic rings. The molecule has 0 atom stereocenters. The predicted molar refractivity (Wildman–Crippen MR) is 48.5 cm³/mol. The summed E-state index contributed by atoms with van der Waals surface area (Å²) in [6.07, 6.45) is 10.5. The van der Waals surface area contributed by atoms with Crippen LogP contribution in [0.3, 0.4) is 0 Å². The Kier molecular flexibility index (Phi) is 8.63. The number of unbranched alkanes of at least 4 members (excludes halogenated alkanes) is 5. The van der Waals surface area contributed by atoms with Crippen LogP contribution in [-0.2, 0) is 0 Å². The molecular formula is C9H17B. The second-order valence-electron chi connectivity index (χ2n) is 2.63. The van der Waals surface area contributed by atoms with Gasteiger partial charge in [0.25, 0.3) is 0 Å². The smallest absolute Gasteiger partial charge is 0.0653 e. The van der Waals surface area contributed by atoms with Gasteiger partial charge in [-0.15, -0.1) is 6.58 Å². The Morgan fingerprint density at radius 3 is 2.20 bits per heavy atom. The summed E-state index contributed by atoms with van der Waals surface area (Å²) in [5.41, 5.74) is 0. The van der Waals surface area contributed by atoms with Crippen molar-refractivity contribution >= 4 is 7.85 Å². The highest BCUT2D eigenvalue weighted by molar-refractivity contribution is 6.08. The molecule has 0 bridgehead atoms. The van der Waals surface area contributed by atoms with E-state index in [9.17, 15) is 0 Å². The second kappa shape index (κ2) is 8.80. The third kappa shape index (κ3) is 7.80. The summed E-state index contributed by atoms with van der Waals surface area (Å²) >= 11 is 0. The molecule has 0 amide bonds.